The molecule has 0 atom stereocenters. The average molecular weight is 391 g/mol. The minimum Gasteiger partial charge on any atom is -0.337 e. The molecule has 7 nitrogen and oxygen atoms in total. The van der Waals surface area contributed by atoms with E-state index in [4.69, 9.17) is 19.4 Å². The Kier molecular flexibility index (Phi) is 4.22. The number of fused-ring (bicyclic) bond motifs is 1. The van der Waals surface area contributed by atoms with Gasteiger partial charge in [0.25, 0.3) is 5.79 Å². The van der Waals surface area contributed by atoms with E-state index in [0.29, 0.717) is 36.2 Å². The zero-order chi connectivity index (χ0) is 19.8. The van der Waals surface area contributed by atoms with Crippen LogP contribution in [0, 0.1) is 12.7 Å². The van der Waals surface area contributed by atoms with Gasteiger partial charge in [0.1, 0.15) is 11.6 Å². The molecule has 1 fully saturated rings. The molecule has 2 aromatic carbocycles. The van der Waals surface area contributed by atoms with E-state index in [9.17, 15) is 4.39 Å². The normalized spacial score (nSPS) is 15.7. The van der Waals surface area contributed by atoms with Crippen LogP contribution in [0.3, 0.4) is 0 Å². The lowest BCUT2D eigenvalue weighted by Crippen LogP contribution is -2.31. The monoisotopic (exact) mass is 391 g/mol. The molecule has 4 aromatic rings. The molecule has 1 aliphatic rings. The van der Waals surface area contributed by atoms with Gasteiger partial charge in [-0.25, -0.2) is 14.4 Å². The summed E-state index contributed by atoms with van der Waals surface area (Å²) in [5, 5.41) is 11.2. The van der Waals surface area contributed by atoms with Crippen molar-refractivity contribution >= 4 is 22.5 Å². The first kappa shape index (κ1) is 17.7. The number of H-pyrrole nitrogens is 1. The molecule has 0 amide bonds. The van der Waals surface area contributed by atoms with E-state index in [0.717, 1.165) is 16.6 Å². The van der Waals surface area contributed by atoms with Crippen LogP contribution >= 0.6 is 0 Å². The molecule has 0 spiro atoms. The largest absolute Gasteiger partial charge is 0.337 e. The fourth-order valence-corrected chi connectivity index (χ4v) is 3.43. The number of para-hydroxylation sites is 1. The summed E-state index contributed by atoms with van der Waals surface area (Å²) in [5.74, 6) is -0.0675. The quantitative estimate of drug-likeness (QED) is 0.551. The summed E-state index contributed by atoms with van der Waals surface area (Å²) in [4.78, 5) is 9.45. The average Bonchev–Trinajstić information content (AvgIpc) is 3.38. The first-order valence-electron chi connectivity index (χ1n) is 9.24. The van der Waals surface area contributed by atoms with Crippen molar-refractivity contribution in [3.63, 3.8) is 0 Å². The summed E-state index contributed by atoms with van der Waals surface area (Å²) < 4.78 is 25.5. The number of aromatic nitrogens is 4. The Balaban J connectivity index is 1.68. The molecular formula is C21H18FN5O2. The van der Waals surface area contributed by atoms with Gasteiger partial charge in [-0.15, -0.1) is 0 Å². The standard InChI is InChI=1S/C21H18FN5O2/c1-13-12-18(27-26-13)24-19-16-4-2-3-5-17(16)23-20(25-19)21(28-10-11-29-21)14-6-8-15(22)9-7-14/h2-9,12H,10-11H2,1H3,(H2,23,24,25,26,27). The maximum atomic E-state index is 13.5. The highest BCUT2D eigenvalue weighted by Crippen LogP contribution is 2.38. The molecular weight excluding hydrogens is 373 g/mol. The minimum atomic E-state index is -1.30. The number of rotatable bonds is 4. The number of hydrogen-bond acceptors (Lipinski definition) is 6. The van der Waals surface area contributed by atoms with Gasteiger partial charge in [0, 0.05) is 22.7 Å². The Morgan fingerprint density at radius 2 is 1.79 bits per heavy atom. The third kappa shape index (κ3) is 3.12. The summed E-state index contributed by atoms with van der Waals surface area (Å²) in [7, 11) is 0. The van der Waals surface area contributed by atoms with Gasteiger partial charge in [-0.1, -0.05) is 24.3 Å². The van der Waals surface area contributed by atoms with Gasteiger partial charge in [0.2, 0.25) is 0 Å². The molecule has 0 radical (unpaired) electrons. The van der Waals surface area contributed by atoms with Crippen molar-refractivity contribution in [2.24, 2.45) is 0 Å². The predicted molar refractivity (Wildman–Crippen MR) is 105 cm³/mol. The molecule has 5 rings (SSSR count). The van der Waals surface area contributed by atoms with Crippen molar-refractivity contribution in [3.8, 4) is 0 Å². The summed E-state index contributed by atoms with van der Waals surface area (Å²) in [5.41, 5.74) is 2.29. The second kappa shape index (κ2) is 6.91. The van der Waals surface area contributed by atoms with Crippen molar-refractivity contribution in [2.45, 2.75) is 12.7 Å². The smallest absolute Gasteiger partial charge is 0.258 e. The number of anilines is 2. The van der Waals surface area contributed by atoms with Crippen LogP contribution in [0.4, 0.5) is 16.0 Å². The van der Waals surface area contributed by atoms with Crippen LogP contribution < -0.4 is 5.32 Å². The first-order chi connectivity index (χ1) is 14.1. The van der Waals surface area contributed by atoms with E-state index in [2.05, 4.69) is 15.5 Å². The lowest BCUT2D eigenvalue weighted by atomic mass is 10.0. The van der Waals surface area contributed by atoms with E-state index in [1.54, 1.807) is 12.1 Å². The number of ether oxygens (including phenoxy) is 2. The topological polar surface area (TPSA) is 85.0 Å². The first-order valence-corrected chi connectivity index (χ1v) is 9.24. The Bertz CT molecular complexity index is 1170. The van der Waals surface area contributed by atoms with Crippen LogP contribution in [-0.4, -0.2) is 33.4 Å². The third-order valence-electron chi connectivity index (χ3n) is 4.77. The lowest BCUT2D eigenvalue weighted by molar-refractivity contribution is -0.136. The lowest BCUT2D eigenvalue weighted by Gasteiger charge is -2.27. The Morgan fingerprint density at radius 3 is 2.52 bits per heavy atom. The zero-order valence-corrected chi connectivity index (χ0v) is 15.6. The molecule has 3 heterocycles. The van der Waals surface area contributed by atoms with Crippen molar-refractivity contribution < 1.29 is 13.9 Å². The fraction of sp³-hybridized carbons (Fsp3) is 0.190. The predicted octanol–water partition coefficient (Wildman–Crippen LogP) is 3.79. The number of aryl methyl sites for hydroxylation is 1. The van der Waals surface area contributed by atoms with Gasteiger partial charge >= 0.3 is 0 Å². The molecule has 29 heavy (non-hydrogen) atoms. The molecule has 0 unspecified atom stereocenters. The van der Waals surface area contributed by atoms with Crippen molar-refractivity contribution in [1.82, 2.24) is 20.2 Å². The van der Waals surface area contributed by atoms with Crippen molar-refractivity contribution in [1.29, 1.82) is 0 Å². The molecule has 146 valence electrons. The van der Waals surface area contributed by atoms with Crippen LogP contribution in [-0.2, 0) is 15.3 Å². The van der Waals surface area contributed by atoms with Gasteiger partial charge in [-0.05, 0) is 31.2 Å². The summed E-state index contributed by atoms with van der Waals surface area (Å²) in [6, 6.07) is 15.5. The van der Waals surface area contributed by atoms with E-state index >= 15 is 0 Å². The fourth-order valence-electron chi connectivity index (χ4n) is 3.43. The van der Waals surface area contributed by atoms with Crippen LogP contribution in [0.1, 0.15) is 17.1 Å². The van der Waals surface area contributed by atoms with Gasteiger partial charge in [0.05, 0.1) is 18.7 Å². The van der Waals surface area contributed by atoms with Gasteiger partial charge < -0.3 is 14.8 Å². The number of hydrogen-bond donors (Lipinski definition) is 2. The number of aromatic amines is 1. The van der Waals surface area contributed by atoms with Crippen molar-refractivity contribution in [2.75, 3.05) is 18.5 Å². The third-order valence-corrected chi connectivity index (χ3v) is 4.77. The van der Waals surface area contributed by atoms with Crippen molar-refractivity contribution in [3.05, 3.63) is 77.5 Å². The SMILES string of the molecule is Cc1cc(Nc2nc(C3(c4ccc(F)cc4)OCCO3)nc3ccccc23)n[nH]1. The van der Waals surface area contributed by atoms with E-state index < -0.39 is 5.79 Å². The molecule has 2 N–H and O–H groups in total. The maximum absolute atomic E-state index is 13.5. The number of benzene rings is 2. The molecule has 2 aromatic heterocycles. The minimum absolute atomic E-state index is 0.336. The number of halogens is 1. The number of nitrogens with one attached hydrogen (secondary N) is 2. The Labute approximate surface area is 165 Å². The molecule has 8 heteroatoms. The second-order valence-corrected chi connectivity index (χ2v) is 6.79. The molecule has 0 aliphatic carbocycles. The van der Waals surface area contributed by atoms with Gasteiger partial charge in [-0.3, -0.25) is 5.10 Å². The highest BCUT2D eigenvalue weighted by Gasteiger charge is 2.44. The second-order valence-electron chi connectivity index (χ2n) is 6.79. The Hall–Kier alpha value is -3.36. The molecule has 1 saturated heterocycles. The summed E-state index contributed by atoms with van der Waals surface area (Å²) in [6.45, 7) is 2.69. The van der Waals surface area contributed by atoms with E-state index in [-0.39, 0.29) is 5.82 Å². The summed E-state index contributed by atoms with van der Waals surface area (Å²) >= 11 is 0. The highest BCUT2D eigenvalue weighted by molar-refractivity contribution is 5.90. The summed E-state index contributed by atoms with van der Waals surface area (Å²) in [6.07, 6.45) is 0. The molecule has 1 aliphatic heterocycles. The van der Waals surface area contributed by atoms with Crippen LogP contribution in [0.15, 0.2) is 54.6 Å². The number of nitrogens with zero attached hydrogens (tertiary/aromatic N) is 3. The Morgan fingerprint density at radius 1 is 1.03 bits per heavy atom. The molecule has 0 bridgehead atoms. The maximum Gasteiger partial charge on any atom is 0.258 e. The van der Waals surface area contributed by atoms with Crippen LogP contribution in [0.25, 0.3) is 10.9 Å². The van der Waals surface area contributed by atoms with E-state index in [1.807, 2.05) is 37.3 Å². The van der Waals surface area contributed by atoms with Crippen LogP contribution in [0.2, 0.25) is 0 Å². The zero-order valence-electron chi connectivity index (χ0n) is 15.6. The molecule has 0 saturated carbocycles. The van der Waals surface area contributed by atoms with Gasteiger partial charge in [0.15, 0.2) is 11.6 Å². The van der Waals surface area contributed by atoms with E-state index in [1.165, 1.54) is 12.1 Å². The van der Waals surface area contributed by atoms with Crippen LogP contribution in [0.5, 0.6) is 0 Å². The van der Waals surface area contributed by atoms with Gasteiger partial charge in [-0.2, -0.15) is 5.10 Å². The highest BCUT2D eigenvalue weighted by atomic mass is 19.1.